The van der Waals surface area contributed by atoms with Crippen LogP contribution in [0.25, 0.3) is 0 Å². The first-order chi connectivity index (χ1) is 7.29. The summed E-state index contributed by atoms with van der Waals surface area (Å²) >= 11 is 0. The Bertz CT molecular complexity index is 395. The van der Waals surface area contributed by atoms with Crippen LogP contribution in [0.5, 0.6) is 0 Å². The van der Waals surface area contributed by atoms with Crippen LogP contribution in [-0.2, 0) is 14.4 Å². The summed E-state index contributed by atoms with van der Waals surface area (Å²) in [5.41, 5.74) is -1.20. The molecule has 0 aromatic carbocycles. The van der Waals surface area contributed by atoms with Gasteiger partial charge < -0.3 is 5.32 Å². The molecule has 6 heteroatoms. The minimum atomic E-state index is -1.20. The summed E-state index contributed by atoms with van der Waals surface area (Å²) in [5.74, 6) is -1.31. The van der Waals surface area contributed by atoms with E-state index >= 15 is 0 Å². The summed E-state index contributed by atoms with van der Waals surface area (Å²) < 4.78 is 0. The van der Waals surface area contributed by atoms with Gasteiger partial charge in [-0.3, -0.25) is 19.3 Å². The van der Waals surface area contributed by atoms with E-state index in [0.29, 0.717) is 0 Å². The highest BCUT2D eigenvalue weighted by atomic mass is 16.2. The van der Waals surface area contributed by atoms with Crippen molar-refractivity contribution in [2.75, 3.05) is 7.05 Å². The van der Waals surface area contributed by atoms with Crippen molar-refractivity contribution in [1.29, 1.82) is 5.26 Å². The Morgan fingerprint density at radius 2 is 2.12 bits per heavy atom. The molecule has 1 unspecified atom stereocenters. The maximum Gasteiger partial charge on any atom is 0.252 e. The molecule has 0 aromatic heterocycles. The second kappa shape index (κ2) is 3.93. The zero-order chi connectivity index (χ0) is 12.5. The first-order valence-electron chi connectivity index (χ1n) is 4.82. The lowest BCUT2D eigenvalue weighted by Gasteiger charge is -2.17. The van der Waals surface area contributed by atoms with Crippen LogP contribution in [0.3, 0.4) is 0 Å². The van der Waals surface area contributed by atoms with Crippen molar-refractivity contribution in [2.45, 2.75) is 26.3 Å². The molecule has 86 valence electrons. The summed E-state index contributed by atoms with van der Waals surface area (Å²) in [6.45, 7) is 2.90. The van der Waals surface area contributed by atoms with Crippen LogP contribution in [-0.4, -0.2) is 35.7 Å². The average molecular weight is 223 g/mol. The average Bonchev–Trinajstić information content (AvgIpc) is 2.46. The molecule has 1 saturated heterocycles. The maximum absolute atomic E-state index is 11.6. The predicted molar refractivity (Wildman–Crippen MR) is 53.7 cm³/mol. The Morgan fingerprint density at radius 1 is 1.56 bits per heavy atom. The topological polar surface area (TPSA) is 90.3 Å². The predicted octanol–water partition coefficient (Wildman–Crippen LogP) is -0.590. The number of likely N-dealkylation sites (N-methyl/N-ethyl adjacent to an activating group) is 1. The molecule has 0 spiro atoms. The molecule has 1 atom stereocenters. The highest BCUT2D eigenvalue weighted by molar-refractivity contribution is 6.06. The lowest BCUT2D eigenvalue weighted by molar-refractivity contribution is -0.138. The zero-order valence-electron chi connectivity index (χ0n) is 9.40. The highest BCUT2D eigenvalue weighted by Crippen LogP contribution is 2.16. The number of hydrogen-bond donors (Lipinski definition) is 1. The summed E-state index contributed by atoms with van der Waals surface area (Å²) in [6.07, 6.45) is -0.0391. The number of likely N-dealkylation sites (tertiary alicyclic amines) is 1. The number of nitrogens with zero attached hydrogens (tertiary/aromatic N) is 2. The number of imide groups is 1. The molecular formula is C10H13N3O3. The van der Waals surface area contributed by atoms with Crippen LogP contribution < -0.4 is 5.32 Å². The van der Waals surface area contributed by atoms with E-state index in [1.807, 2.05) is 6.07 Å². The molecule has 1 aliphatic heterocycles. The largest absolute Gasteiger partial charge is 0.342 e. The lowest BCUT2D eigenvalue weighted by Crippen LogP contribution is -2.45. The van der Waals surface area contributed by atoms with E-state index in [0.717, 1.165) is 4.90 Å². The maximum atomic E-state index is 11.6. The first kappa shape index (κ1) is 12.2. The van der Waals surface area contributed by atoms with Gasteiger partial charge in [0.15, 0.2) is 0 Å². The smallest absolute Gasteiger partial charge is 0.252 e. The van der Waals surface area contributed by atoms with E-state index in [9.17, 15) is 14.4 Å². The van der Waals surface area contributed by atoms with Crippen molar-refractivity contribution in [1.82, 2.24) is 10.2 Å². The van der Waals surface area contributed by atoms with Gasteiger partial charge in [0.1, 0.15) is 11.5 Å². The van der Waals surface area contributed by atoms with Gasteiger partial charge in [-0.05, 0) is 13.8 Å². The third-order valence-electron chi connectivity index (χ3n) is 2.53. The quantitative estimate of drug-likeness (QED) is 0.633. The van der Waals surface area contributed by atoms with Crippen molar-refractivity contribution >= 4 is 17.7 Å². The molecule has 0 radical (unpaired) electrons. The van der Waals surface area contributed by atoms with Gasteiger partial charge in [0, 0.05) is 7.05 Å². The fourth-order valence-electron chi connectivity index (χ4n) is 1.26. The van der Waals surface area contributed by atoms with Crippen molar-refractivity contribution in [3.05, 3.63) is 0 Å². The van der Waals surface area contributed by atoms with E-state index in [1.165, 1.54) is 20.9 Å². The minimum absolute atomic E-state index is 0.0391. The van der Waals surface area contributed by atoms with Crippen molar-refractivity contribution in [2.24, 2.45) is 5.41 Å². The molecule has 1 heterocycles. The summed E-state index contributed by atoms with van der Waals surface area (Å²) in [5, 5.41) is 11.1. The number of nitriles is 1. The Kier molecular flexibility index (Phi) is 2.99. The molecule has 16 heavy (non-hydrogen) atoms. The van der Waals surface area contributed by atoms with Gasteiger partial charge in [-0.15, -0.1) is 0 Å². The standard InChI is InChI=1S/C10H13N3O3/c1-10(2,5-11)9(16)12-6-4-7(14)13(3)8(6)15/h6H,4H2,1-3H3,(H,12,16). The number of amides is 3. The molecule has 1 N–H and O–H groups in total. The molecular weight excluding hydrogens is 210 g/mol. The van der Waals surface area contributed by atoms with Gasteiger partial charge >= 0.3 is 0 Å². The molecule has 0 aliphatic carbocycles. The van der Waals surface area contributed by atoms with Crippen LogP contribution in [0.1, 0.15) is 20.3 Å². The van der Waals surface area contributed by atoms with Gasteiger partial charge in [0.25, 0.3) is 5.91 Å². The highest BCUT2D eigenvalue weighted by Gasteiger charge is 2.39. The Hall–Kier alpha value is -1.90. The van der Waals surface area contributed by atoms with Crippen LogP contribution in [0, 0.1) is 16.7 Å². The molecule has 1 aliphatic rings. The number of nitrogens with one attached hydrogen (secondary N) is 1. The number of carbonyl (C=O) groups excluding carboxylic acids is 3. The molecule has 1 fully saturated rings. The van der Waals surface area contributed by atoms with Crippen LogP contribution in [0.2, 0.25) is 0 Å². The normalized spacial score (nSPS) is 20.9. The van der Waals surface area contributed by atoms with Gasteiger partial charge in [-0.1, -0.05) is 0 Å². The molecule has 1 rings (SSSR count). The fraction of sp³-hybridized carbons (Fsp3) is 0.600. The van der Waals surface area contributed by atoms with Gasteiger partial charge in [0.2, 0.25) is 11.8 Å². The number of rotatable bonds is 2. The van der Waals surface area contributed by atoms with Gasteiger partial charge in [-0.25, -0.2) is 0 Å². The number of carbonyl (C=O) groups is 3. The van der Waals surface area contributed by atoms with E-state index in [2.05, 4.69) is 5.32 Å². The molecule has 0 aromatic rings. The van der Waals surface area contributed by atoms with Gasteiger partial charge in [-0.2, -0.15) is 5.26 Å². The van der Waals surface area contributed by atoms with Crippen LogP contribution >= 0.6 is 0 Å². The Morgan fingerprint density at radius 3 is 2.50 bits per heavy atom. The monoisotopic (exact) mass is 223 g/mol. The van der Waals surface area contributed by atoms with E-state index < -0.39 is 23.3 Å². The minimum Gasteiger partial charge on any atom is -0.342 e. The SMILES string of the molecule is CN1C(=O)CC(NC(=O)C(C)(C)C#N)C1=O. The van der Waals surface area contributed by atoms with Crippen LogP contribution in [0.15, 0.2) is 0 Å². The number of hydrogen-bond acceptors (Lipinski definition) is 4. The molecule has 0 bridgehead atoms. The fourth-order valence-corrected chi connectivity index (χ4v) is 1.26. The van der Waals surface area contributed by atoms with Crippen LogP contribution in [0.4, 0.5) is 0 Å². The third-order valence-corrected chi connectivity index (χ3v) is 2.53. The molecule has 3 amide bonds. The Balaban J connectivity index is 2.72. The Labute approximate surface area is 93.2 Å². The van der Waals surface area contributed by atoms with Crippen molar-refractivity contribution in [3.63, 3.8) is 0 Å². The van der Waals surface area contributed by atoms with Crippen molar-refractivity contribution < 1.29 is 14.4 Å². The second-order valence-electron chi connectivity index (χ2n) is 4.26. The van der Waals surface area contributed by atoms with E-state index in [-0.39, 0.29) is 12.3 Å². The second-order valence-corrected chi connectivity index (χ2v) is 4.26. The first-order valence-corrected chi connectivity index (χ1v) is 4.82. The molecule has 6 nitrogen and oxygen atoms in total. The van der Waals surface area contributed by atoms with E-state index in [4.69, 9.17) is 5.26 Å². The summed E-state index contributed by atoms with van der Waals surface area (Å²) in [6, 6.07) is 0.995. The molecule has 0 saturated carbocycles. The lowest BCUT2D eigenvalue weighted by atomic mass is 9.94. The third kappa shape index (κ3) is 2.03. The van der Waals surface area contributed by atoms with E-state index in [1.54, 1.807) is 0 Å². The summed E-state index contributed by atoms with van der Waals surface area (Å²) in [4.78, 5) is 35.2. The van der Waals surface area contributed by atoms with Crippen molar-refractivity contribution in [3.8, 4) is 6.07 Å². The summed E-state index contributed by atoms with van der Waals surface area (Å²) in [7, 11) is 1.37. The van der Waals surface area contributed by atoms with Gasteiger partial charge in [0.05, 0.1) is 12.5 Å². The zero-order valence-corrected chi connectivity index (χ0v) is 9.40.